The fraction of sp³-hybridized carbons (Fsp3) is 0.200. The normalized spacial score (nSPS) is 11.4. The van der Waals surface area contributed by atoms with E-state index in [0.29, 0.717) is 5.71 Å². The maximum absolute atomic E-state index is 6.24. The molecule has 5 aromatic heterocycles. The Morgan fingerprint density at radius 3 is 2.14 bits per heavy atom. The van der Waals surface area contributed by atoms with Gasteiger partial charge in [0.1, 0.15) is 0 Å². The molecule has 0 bridgehead atoms. The first-order chi connectivity index (χ1) is 24.0. The molecule has 8 aromatic rings. The molecule has 0 spiro atoms. The van der Waals surface area contributed by atoms with Gasteiger partial charge in [-0.05, 0) is 91.2 Å². The first kappa shape index (κ1) is 35.8. The van der Waals surface area contributed by atoms with Gasteiger partial charge in [0.15, 0.2) is 0 Å². The third kappa shape index (κ3) is 7.26. The second kappa shape index (κ2) is 14.3. The first-order valence-electron chi connectivity index (χ1n) is 17.0. The zero-order valence-electron chi connectivity index (χ0n) is 30.3. The summed E-state index contributed by atoms with van der Waals surface area (Å²) >= 11 is 0. The minimum absolute atomic E-state index is 0. The molecular formula is C45H40IrN4O-2. The summed E-state index contributed by atoms with van der Waals surface area (Å²) in [6, 6.07) is 35.7. The van der Waals surface area contributed by atoms with E-state index in [1.165, 1.54) is 22.3 Å². The Labute approximate surface area is 313 Å². The summed E-state index contributed by atoms with van der Waals surface area (Å²) in [6.07, 6.45) is 3.82. The van der Waals surface area contributed by atoms with Crippen LogP contribution < -0.4 is 0 Å². The summed E-state index contributed by atoms with van der Waals surface area (Å²) in [6.45, 7) is 16.9. The van der Waals surface area contributed by atoms with Crippen molar-refractivity contribution in [1.82, 2.24) is 19.9 Å². The number of hydrogen-bond donors (Lipinski definition) is 0. The van der Waals surface area contributed by atoms with Gasteiger partial charge in [-0.25, -0.2) is 4.98 Å². The standard InChI is InChI=1S/C32H28N3O.C13H12N.Ir/c1-18-10-14-26-23(13-15-28(35-26)32(4,5)6)29(18)25-16-27(33-17-19(25)2)24-9-7-8-21-22-12-11-20(3)34-31(22)36-30(21)24;1-10-3-6-12(7-4-10)13-8-5-11(2)9-14-13;/h7-8,10-17H,1-6H3;3-6,8-9H,1-2H3;/q2*-1;. The Hall–Kier alpha value is -5.03. The SMILES string of the molecule is Cc1c[c-]c(-c2ccc(C)cn2)cc1.Cc1ccc2c(n1)oc1c(-c3cc(-c4c(C)ccc5nc(C(C)(C)C)ccc45)c(C)cn3)[c-]ccc12.[Ir]. The summed E-state index contributed by atoms with van der Waals surface area (Å²) in [4.78, 5) is 18.7. The zero-order valence-corrected chi connectivity index (χ0v) is 32.7. The summed E-state index contributed by atoms with van der Waals surface area (Å²) in [7, 11) is 0. The molecule has 0 fully saturated rings. The van der Waals surface area contributed by atoms with Gasteiger partial charge in [0.2, 0.25) is 5.71 Å². The molecule has 0 saturated heterocycles. The van der Waals surface area contributed by atoms with Gasteiger partial charge in [-0.2, -0.15) is 0 Å². The number of hydrogen-bond acceptors (Lipinski definition) is 5. The summed E-state index contributed by atoms with van der Waals surface area (Å²) in [5.41, 5.74) is 15.2. The van der Waals surface area contributed by atoms with Crippen LogP contribution in [-0.4, -0.2) is 19.9 Å². The summed E-state index contributed by atoms with van der Waals surface area (Å²) in [5, 5.41) is 3.17. The molecule has 5 nitrogen and oxygen atoms in total. The molecule has 1 radical (unpaired) electrons. The fourth-order valence-corrected chi connectivity index (χ4v) is 6.21. The average Bonchev–Trinajstić information content (AvgIpc) is 3.47. The molecule has 0 saturated carbocycles. The second-order valence-electron chi connectivity index (χ2n) is 14.2. The van der Waals surface area contributed by atoms with E-state index < -0.39 is 0 Å². The van der Waals surface area contributed by atoms with Gasteiger partial charge in [0.05, 0.1) is 11.1 Å². The zero-order chi connectivity index (χ0) is 35.2. The van der Waals surface area contributed by atoms with E-state index in [9.17, 15) is 0 Å². The molecule has 0 N–H and O–H groups in total. The van der Waals surface area contributed by atoms with Crippen molar-refractivity contribution >= 4 is 33.0 Å². The monoisotopic (exact) mass is 845 g/mol. The smallest absolute Gasteiger partial charge is 0.216 e. The predicted molar refractivity (Wildman–Crippen MR) is 205 cm³/mol. The topological polar surface area (TPSA) is 64.7 Å². The third-order valence-electron chi connectivity index (χ3n) is 9.07. The maximum atomic E-state index is 6.24. The number of pyridine rings is 4. The minimum atomic E-state index is -0.00646. The molecule has 5 heterocycles. The molecular weight excluding hydrogens is 805 g/mol. The van der Waals surface area contributed by atoms with E-state index in [0.717, 1.165) is 72.3 Å². The number of nitrogens with zero attached hydrogens (tertiary/aromatic N) is 4. The van der Waals surface area contributed by atoms with Crippen molar-refractivity contribution in [2.24, 2.45) is 0 Å². The van der Waals surface area contributed by atoms with Crippen molar-refractivity contribution in [3.05, 3.63) is 143 Å². The van der Waals surface area contributed by atoms with Gasteiger partial charge in [0.25, 0.3) is 0 Å². The Bertz CT molecular complexity index is 2470. The van der Waals surface area contributed by atoms with Crippen molar-refractivity contribution < 1.29 is 24.5 Å². The van der Waals surface area contributed by atoms with Crippen molar-refractivity contribution in [3.63, 3.8) is 0 Å². The quantitative estimate of drug-likeness (QED) is 0.166. The van der Waals surface area contributed by atoms with Crippen molar-refractivity contribution in [2.75, 3.05) is 0 Å². The Kier molecular flexibility index (Phi) is 10.0. The molecule has 0 atom stereocenters. The average molecular weight is 845 g/mol. The summed E-state index contributed by atoms with van der Waals surface area (Å²) < 4.78 is 6.24. The molecule has 6 heteroatoms. The van der Waals surface area contributed by atoms with Crippen LogP contribution in [0.15, 0.2) is 102 Å². The van der Waals surface area contributed by atoms with E-state index in [4.69, 9.17) is 14.4 Å². The molecule has 0 unspecified atom stereocenters. The number of rotatable bonds is 3. The Balaban J connectivity index is 0.000000251. The molecule has 257 valence electrons. The largest absolute Gasteiger partial charge is 0.486 e. The second-order valence-corrected chi connectivity index (χ2v) is 14.2. The molecule has 3 aromatic carbocycles. The van der Waals surface area contributed by atoms with Crippen LogP contribution in [0.5, 0.6) is 0 Å². The predicted octanol–water partition coefficient (Wildman–Crippen LogP) is 11.4. The van der Waals surface area contributed by atoms with Crippen LogP contribution in [0.2, 0.25) is 0 Å². The van der Waals surface area contributed by atoms with Crippen LogP contribution in [0.3, 0.4) is 0 Å². The third-order valence-corrected chi connectivity index (χ3v) is 9.07. The number of fused-ring (bicyclic) bond motifs is 4. The van der Waals surface area contributed by atoms with E-state index in [1.54, 1.807) is 0 Å². The van der Waals surface area contributed by atoms with Crippen LogP contribution in [-0.2, 0) is 25.5 Å². The van der Waals surface area contributed by atoms with Crippen LogP contribution in [0.1, 0.15) is 54.4 Å². The van der Waals surface area contributed by atoms with Gasteiger partial charge in [-0.15, -0.1) is 53.6 Å². The van der Waals surface area contributed by atoms with Gasteiger partial charge in [-0.3, -0.25) is 4.98 Å². The van der Waals surface area contributed by atoms with E-state index in [2.05, 4.69) is 112 Å². The molecule has 0 amide bonds. The van der Waals surface area contributed by atoms with E-state index in [1.807, 2.05) is 62.6 Å². The number of furan rings is 1. The van der Waals surface area contributed by atoms with Crippen molar-refractivity contribution in [1.29, 1.82) is 0 Å². The molecule has 0 aliphatic carbocycles. The number of aromatic nitrogens is 4. The number of benzene rings is 3. The van der Waals surface area contributed by atoms with Crippen LogP contribution >= 0.6 is 0 Å². The van der Waals surface area contributed by atoms with Crippen molar-refractivity contribution in [2.45, 2.75) is 60.8 Å². The fourth-order valence-electron chi connectivity index (χ4n) is 6.21. The molecule has 0 aliphatic rings. The Morgan fingerprint density at radius 2 is 1.41 bits per heavy atom. The van der Waals surface area contributed by atoms with Gasteiger partial charge < -0.3 is 14.4 Å². The van der Waals surface area contributed by atoms with Crippen LogP contribution in [0, 0.1) is 46.8 Å². The Morgan fingerprint density at radius 1 is 0.647 bits per heavy atom. The molecule has 51 heavy (non-hydrogen) atoms. The number of aryl methyl sites for hydroxylation is 5. The van der Waals surface area contributed by atoms with E-state index >= 15 is 0 Å². The maximum Gasteiger partial charge on any atom is 0.216 e. The minimum Gasteiger partial charge on any atom is -0.486 e. The van der Waals surface area contributed by atoms with Gasteiger partial charge in [0, 0.05) is 60.1 Å². The molecule has 8 rings (SSSR count). The summed E-state index contributed by atoms with van der Waals surface area (Å²) in [5.74, 6) is 0. The van der Waals surface area contributed by atoms with E-state index in [-0.39, 0.29) is 25.5 Å². The van der Waals surface area contributed by atoms with Gasteiger partial charge in [-0.1, -0.05) is 69.0 Å². The first-order valence-corrected chi connectivity index (χ1v) is 17.0. The molecule has 0 aliphatic heterocycles. The van der Waals surface area contributed by atoms with Gasteiger partial charge >= 0.3 is 0 Å². The van der Waals surface area contributed by atoms with Crippen LogP contribution in [0.25, 0.3) is 66.6 Å². The van der Waals surface area contributed by atoms with Crippen molar-refractivity contribution in [3.8, 4) is 33.6 Å². The van der Waals surface area contributed by atoms with Crippen LogP contribution in [0.4, 0.5) is 0 Å².